The first-order chi connectivity index (χ1) is 10.1. The van der Waals surface area contributed by atoms with Gasteiger partial charge in [-0.15, -0.1) is 13.2 Å². The van der Waals surface area contributed by atoms with Gasteiger partial charge in [-0.3, -0.25) is 10.1 Å². The van der Waals surface area contributed by atoms with Gasteiger partial charge in [0.1, 0.15) is 11.3 Å². The molecule has 1 aromatic rings. The van der Waals surface area contributed by atoms with Crippen molar-refractivity contribution in [2.24, 2.45) is 0 Å². The molecule has 0 saturated heterocycles. The third-order valence-corrected chi connectivity index (χ3v) is 2.53. The number of nitro benzene ring substituents is 1. The third-order valence-electron chi connectivity index (χ3n) is 2.53. The predicted octanol–water partition coefficient (Wildman–Crippen LogP) is 3.28. The fourth-order valence-corrected chi connectivity index (χ4v) is 1.48. The molecule has 0 aliphatic rings. The number of carbonyl (C=O) groups excluding carboxylic acids is 1. The largest absolute Gasteiger partial charge is 0.492 e. The molecule has 0 heterocycles. The number of benzene rings is 1. The number of ether oxygens (including phenoxy) is 2. The molecule has 0 unspecified atom stereocenters. The Morgan fingerprint density at radius 1 is 1.24 bits per heavy atom. The molecule has 0 N–H and O–H groups in total. The Labute approximate surface area is 122 Å². The van der Waals surface area contributed by atoms with Gasteiger partial charge in [0.2, 0.25) is 0 Å². The van der Waals surface area contributed by atoms with Gasteiger partial charge in [0, 0.05) is 6.07 Å². The Bertz CT molecular complexity index is 539. The van der Waals surface area contributed by atoms with E-state index >= 15 is 0 Å². The number of carbonyl (C=O) groups is 1. The molecule has 0 fully saturated rings. The number of rotatable bonds is 9. The van der Waals surface area contributed by atoms with Crippen LogP contribution in [0.4, 0.5) is 5.69 Å². The van der Waals surface area contributed by atoms with Crippen LogP contribution < -0.4 is 4.74 Å². The first-order valence-corrected chi connectivity index (χ1v) is 6.40. The first kappa shape index (κ1) is 16.4. The maximum atomic E-state index is 11.9. The van der Waals surface area contributed by atoms with Gasteiger partial charge in [0.25, 0.3) is 5.69 Å². The molecule has 1 aromatic carbocycles. The van der Waals surface area contributed by atoms with Gasteiger partial charge in [-0.25, -0.2) is 4.79 Å². The first-order valence-electron chi connectivity index (χ1n) is 6.40. The van der Waals surface area contributed by atoms with Gasteiger partial charge >= 0.3 is 5.97 Å². The van der Waals surface area contributed by atoms with Crippen molar-refractivity contribution in [3.05, 3.63) is 59.2 Å². The van der Waals surface area contributed by atoms with Crippen LogP contribution in [0.1, 0.15) is 23.2 Å². The number of nitro groups is 1. The Kier molecular flexibility index (Phi) is 6.67. The molecule has 21 heavy (non-hydrogen) atoms. The highest BCUT2D eigenvalue weighted by molar-refractivity contribution is 5.93. The number of hydrogen-bond acceptors (Lipinski definition) is 5. The van der Waals surface area contributed by atoms with Crippen LogP contribution in [0, 0.1) is 10.1 Å². The second kappa shape index (κ2) is 8.52. The second-order valence-electron chi connectivity index (χ2n) is 4.08. The molecule has 6 nitrogen and oxygen atoms in total. The molecule has 0 aliphatic carbocycles. The molecule has 0 bridgehead atoms. The van der Waals surface area contributed by atoms with E-state index < -0.39 is 10.9 Å². The molecule has 0 spiro atoms. The minimum absolute atomic E-state index is 0.134. The Balaban J connectivity index is 2.93. The zero-order chi connectivity index (χ0) is 15.7. The highest BCUT2D eigenvalue weighted by atomic mass is 16.6. The van der Waals surface area contributed by atoms with Gasteiger partial charge < -0.3 is 9.47 Å². The third kappa shape index (κ3) is 5.10. The fraction of sp³-hybridized carbons (Fsp3) is 0.267. The summed E-state index contributed by atoms with van der Waals surface area (Å²) in [4.78, 5) is 22.2. The summed E-state index contributed by atoms with van der Waals surface area (Å²) in [5.41, 5.74) is 0.0139. The van der Waals surface area contributed by atoms with Crippen molar-refractivity contribution in [3.8, 4) is 5.75 Å². The highest BCUT2D eigenvalue weighted by Gasteiger charge is 2.18. The van der Waals surface area contributed by atoms with Crippen LogP contribution in [-0.2, 0) is 4.74 Å². The van der Waals surface area contributed by atoms with Crippen LogP contribution in [0.5, 0.6) is 5.75 Å². The molecule has 6 heteroatoms. The number of non-ortho nitro benzene ring substituents is 1. The minimum atomic E-state index is -0.583. The molecular weight excluding hydrogens is 274 g/mol. The minimum Gasteiger partial charge on any atom is -0.492 e. The summed E-state index contributed by atoms with van der Waals surface area (Å²) in [6.07, 6.45) is 4.38. The zero-order valence-corrected chi connectivity index (χ0v) is 11.6. The maximum Gasteiger partial charge on any atom is 0.341 e. The van der Waals surface area contributed by atoms with E-state index in [0.717, 1.165) is 0 Å². The van der Waals surface area contributed by atoms with Crippen molar-refractivity contribution in [2.75, 3.05) is 13.2 Å². The van der Waals surface area contributed by atoms with Gasteiger partial charge in [-0.1, -0.05) is 12.2 Å². The molecule has 0 aliphatic heterocycles. The van der Waals surface area contributed by atoms with Gasteiger partial charge in [0.15, 0.2) is 0 Å². The smallest absolute Gasteiger partial charge is 0.341 e. The lowest BCUT2D eigenvalue weighted by molar-refractivity contribution is -0.384. The maximum absolute atomic E-state index is 11.9. The molecule has 112 valence electrons. The summed E-state index contributed by atoms with van der Waals surface area (Å²) < 4.78 is 10.4. The lowest BCUT2D eigenvalue weighted by atomic mass is 10.2. The molecule has 0 atom stereocenters. The molecule has 0 radical (unpaired) electrons. The molecule has 0 saturated carbocycles. The van der Waals surface area contributed by atoms with Crippen molar-refractivity contribution in [3.63, 3.8) is 0 Å². The summed E-state index contributed by atoms with van der Waals surface area (Å²) >= 11 is 0. The topological polar surface area (TPSA) is 78.7 Å². The van der Waals surface area contributed by atoms with Gasteiger partial charge in [0.05, 0.1) is 24.2 Å². The van der Waals surface area contributed by atoms with E-state index in [4.69, 9.17) is 9.47 Å². The predicted molar refractivity (Wildman–Crippen MR) is 78.5 cm³/mol. The van der Waals surface area contributed by atoms with Crippen LogP contribution >= 0.6 is 0 Å². The quantitative estimate of drug-likeness (QED) is 0.229. The van der Waals surface area contributed by atoms with Crippen LogP contribution in [0.15, 0.2) is 43.5 Å². The van der Waals surface area contributed by atoms with E-state index in [9.17, 15) is 14.9 Å². The molecule has 0 amide bonds. The van der Waals surface area contributed by atoms with Crippen LogP contribution in [0.2, 0.25) is 0 Å². The summed E-state index contributed by atoms with van der Waals surface area (Å²) in [7, 11) is 0. The van der Waals surface area contributed by atoms with E-state index in [1.165, 1.54) is 18.2 Å². The van der Waals surface area contributed by atoms with Crippen molar-refractivity contribution < 1.29 is 19.2 Å². The fourth-order valence-electron chi connectivity index (χ4n) is 1.48. The van der Waals surface area contributed by atoms with Gasteiger partial charge in [-0.2, -0.15) is 0 Å². The number of hydrogen-bond donors (Lipinski definition) is 0. The van der Waals surface area contributed by atoms with E-state index in [0.29, 0.717) is 12.8 Å². The van der Waals surface area contributed by atoms with Gasteiger partial charge in [-0.05, 0) is 18.9 Å². The van der Waals surface area contributed by atoms with Crippen LogP contribution in [0.3, 0.4) is 0 Å². The second-order valence-corrected chi connectivity index (χ2v) is 4.08. The SMILES string of the molecule is C=CCCOC(=O)c1ccc([N+](=O)[O-])cc1OCCC=C. The highest BCUT2D eigenvalue weighted by Crippen LogP contribution is 2.26. The van der Waals surface area contributed by atoms with Crippen molar-refractivity contribution in [1.82, 2.24) is 0 Å². The van der Waals surface area contributed by atoms with E-state index in [1.807, 2.05) is 0 Å². The van der Waals surface area contributed by atoms with E-state index in [-0.39, 0.29) is 30.2 Å². The van der Waals surface area contributed by atoms with Crippen molar-refractivity contribution in [1.29, 1.82) is 0 Å². The monoisotopic (exact) mass is 291 g/mol. The van der Waals surface area contributed by atoms with Crippen LogP contribution in [-0.4, -0.2) is 24.1 Å². The van der Waals surface area contributed by atoms with E-state index in [1.54, 1.807) is 12.2 Å². The summed E-state index contributed by atoms with van der Waals surface area (Å²) in [6.45, 7) is 7.56. The van der Waals surface area contributed by atoms with Crippen molar-refractivity contribution in [2.45, 2.75) is 12.8 Å². The lowest BCUT2D eigenvalue weighted by Crippen LogP contribution is -2.09. The summed E-state index contributed by atoms with van der Waals surface area (Å²) in [5.74, 6) is -0.449. The molecule has 0 aromatic heterocycles. The standard InChI is InChI=1S/C15H17NO5/c1-3-5-9-20-14-11-12(16(18)19)7-8-13(14)15(17)21-10-6-4-2/h3-4,7-8,11H,1-2,5-6,9-10H2. The Morgan fingerprint density at radius 2 is 1.90 bits per heavy atom. The molecular formula is C15H17NO5. The lowest BCUT2D eigenvalue weighted by Gasteiger charge is -2.10. The van der Waals surface area contributed by atoms with Crippen LogP contribution in [0.25, 0.3) is 0 Å². The molecule has 1 rings (SSSR count). The van der Waals surface area contributed by atoms with E-state index in [2.05, 4.69) is 13.2 Å². The Morgan fingerprint density at radius 3 is 2.52 bits per heavy atom. The average Bonchev–Trinajstić information content (AvgIpc) is 2.47. The average molecular weight is 291 g/mol. The normalized spacial score (nSPS) is 9.71. The zero-order valence-electron chi connectivity index (χ0n) is 11.6. The summed E-state index contributed by atoms with van der Waals surface area (Å²) in [5, 5.41) is 10.8. The number of esters is 1. The number of nitrogens with zero attached hydrogens (tertiary/aromatic N) is 1. The Hall–Kier alpha value is -2.63. The van der Waals surface area contributed by atoms with Crippen molar-refractivity contribution >= 4 is 11.7 Å². The summed E-state index contributed by atoms with van der Waals surface area (Å²) in [6, 6.07) is 3.79.